The third kappa shape index (κ3) is 5.50. The zero-order valence-corrected chi connectivity index (χ0v) is 10.4. The summed E-state index contributed by atoms with van der Waals surface area (Å²) < 4.78 is 53.8. The van der Waals surface area contributed by atoms with E-state index in [4.69, 9.17) is 4.74 Å². The summed E-state index contributed by atoms with van der Waals surface area (Å²) in [5, 5.41) is 0. The summed E-state index contributed by atoms with van der Waals surface area (Å²) in [6.07, 6.45) is -5.10. The van der Waals surface area contributed by atoms with Crippen LogP contribution in [0.25, 0.3) is 0 Å². The molecule has 6 heteroatoms. The first kappa shape index (κ1) is 14.4. The first-order valence-electron chi connectivity index (χ1n) is 4.97. The second kappa shape index (κ2) is 6.35. The van der Waals surface area contributed by atoms with Crippen molar-refractivity contribution < 1.29 is 22.3 Å². The van der Waals surface area contributed by atoms with Crippen LogP contribution in [-0.2, 0) is 11.3 Å². The zero-order chi connectivity index (χ0) is 12.9. The Kier molecular flexibility index (Phi) is 5.39. The molecule has 1 aromatic rings. The lowest BCUT2D eigenvalue weighted by Gasteiger charge is -2.08. The molecule has 0 unspecified atom stereocenters. The fourth-order valence-electron chi connectivity index (χ4n) is 1.22. The Morgan fingerprint density at radius 1 is 1.24 bits per heavy atom. The summed E-state index contributed by atoms with van der Waals surface area (Å²) in [5.74, 6) is -0.415. The maximum Gasteiger partial charge on any atom is 0.389 e. The fourth-order valence-corrected chi connectivity index (χ4v) is 1.60. The predicted octanol–water partition coefficient (Wildman–Crippen LogP) is 4.45. The summed E-state index contributed by atoms with van der Waals surface area (Å²) in [6.45, 7) is 0.0959. The average molecular weight is 315 g/mol. The average Bonchev–Trinajstić information content (AvgIpc) is 2.22. The van der Waals surface area contributed by atoms with E-state index in [0.29, 0.717) is 5.56 Å². The first-order chi connectivity index (χ1) is 7.90. The number of ether oxygens (including phenoxy) is 1. The summed E-state index contributed by atoms with van der Waals surface area (Å²) in [4.78, 5) is 0. The van der Waals surface area contributed by atoms with Gasteiger partial charge in [-0.15, -0.1) is 0 Å². The first-order valence-corrected chi connectivity index (χ1v) is 5.77. The Balaban J connectivity index is 2.29. The standard InChI is InChI=1S/C11H11BrF4O/c12-10-8(3-1-4-9(10)13)7-17-6-2-5-11(14,15)16/h1,3-4H,2,5-7H2. The third-order valence-corrected chi connectivity index (χ3v) is 2.93. The SMILES string of the molecule is Fc1cccc(COCCCC(F)(F)F)c1Br. The van der Waals surface area contributed by atoms with E-state index in [1.807, 2.05) is 0 Å². The molecule has 1 nitrogen and oxygen atoms in total. The van der Waals surface area contributed by atoms with Gasteiger partial charge in [0.25, 0.3) is 0 Å². The van der Waals surface area contributed by atoms with Crippen LogP contribution >= 0.6 is 15.9 Å². The molecule has 0 fully saturated rings. The lowest BCUT2D eigenvalue weighted by Crippen LogP contribution is -2.08. The predicted molar refractivity (Wildman–Crippen MR) is 59.0 cm³/mol. The minimum atomic E-state index is -4.15. The molecule has 0 bridgehead atoms. The molecule has 0 aliphatic heterocycles. The van der Waals surface area contributed by atoms with Crippen LogP contribution in [-0.4, -0.2) is 12.8 Å². The van der Waals surface area contributed by atoms with Crippen molar-refractivity contribution in [2.45, 2.75) is 25.6 Å². The van der Waals surface area contributed by atoms with Crippen molar-refractivity contribution in [1.29, 1.82) is 0 Å². The Morgan fingerprint density at radius 3 is 2.59 bits per heavy atom. The zero-order valence-electron chi connectivity index (χ0n) is 8.86. The molecular formula is C11H11BrF4O. The number of alkyl halides is 3. The topological polar surface area (TPSA) is 9.23 Å². The van der Waals surface area contributed by atoms with E-state index in [9.17, 15) is 17.6 Å². The molecule has 0 amide bonds. The molecule has 0 N–H and O–H groups in total. The quantitative estimate of drug-likeness (QED) is 0.576. The van der Waals surface area contributed by atoms with Crippen LogP contribution in [0.4, 0.5) is 17.6 Å². The maximum atomic E-state index is 13.1. The van der Waals surface area contributed by atoms with E-state index >= 15 is 0 Å². The summed E-state index contributed by atoms with van der Waals surface area (Å²) >= 11 is 3.05. The molecule has 96 valence electrons. The molecule has 0 saturated heterocycles. The van der Waals surface area contributed by atoms with E-state index in [1.165, 1.54) is 12.1 Å². The Bertz CT molecular complexity index is 365. The highest BCUT2D eigenvalue weighted by Crippen LogP contribution is 2.23. The van der Waals surface area contributed by atoms with E-state index in [-0.39, 0.29) is 24.1 Å². The third-order valence-electron chi connectivity index (χ3n) is 2.04. The molecule has 0 radical (unpaired) electrons. The molecule has 0 aliphatic carbocycles. The highest BCUT2D eigenvalue weighted by molar-refractivity contribution is 9.10. The maximum absolute atomic E-state index is 13.1. The second-order valence-corrected chi connectivity index (χ2v) is 4.28. The lowest BCUT2D eigenvalue weighted by molar-refractivity contribution is -0.138. The van der Waals surface area contributed by atoms with Crippen molar-refractivity contribution in [3.8, 4) is 0 Å². The van der Waals surface area contributed by atoms with Crippen molar-refractivity contribution in [2.24, 2.45) is 0 Å². The minimum Gasteiger partial charge on any atom is -0.377 e. The Hall–Kier alpha value is -0.620. The van der Waals surface area contributed by atoms with E-state index in [1.54, 1.807) is 6.07 Å². The Labute approximate surface area is 105 Å². The number of hydrogen-bond acceptors (Lipinski definition) is 1. The molecule has 1 aromatic carbocycles. The summed E-state index contributed by atoms with van der Waals surface area (Å²) in [7, 11) is 0. The van der Waals surface area contributed by atoms with Crippen molar-refractivity contribution in [3.05, 3.63) is 34.1 Å². The van der Waals surface area contributed by atoms with Crippen molar-refractivity contribution >= 4 is 15.9 Å². The van der Waals surface area contributed by atoms with Gasteiger partial charge in [-0.25, -0.2) is 4.39 Å². The Morgan fingerprint density at radius 2 is 1.94 bits per heavy atom. The smallest absolute Gasteiger partial charge is 0.377 e. The van der Waals surface area contributed by atoms with Crippen molar-refractivity contribution in [1.82, 2.24) is 0 Å². The molecular weight excluding hydrogens is 304 g/mol. The molecule has 17 heavy (non-hydrogen) atoms. The van der Waals surface area contributed by atoms with Gasteiger partial charge in [0.2, 0.25) is 0 Å². The second-order valence-electron chi connectivity index (χ2n) is 3.48. The number of halogens is 5. The highest BCUT2D eigenvalue weighted by Gasteiger charge is 2.25. The highest BCUT2D eigenvalue weighted by atomic mass is 79.9. The molecule has 0 spiro atoms. The van der Waals surface area contributed by atoms with Crippen LogP contribution in [0.5, 0.6) is 0 Å². The molecule has 0 saturated carbocycles. The number of rotatable bonds is 5. The van der Waals surface area contributed by atoms with Gasteiger partial charge in [-0.3, -0.25) is 0 Å². The van der Waals surface area contributed by atoms with E-state index in [2.05, 4.69) is 15.9 Å². The van der Waals surface area contributed by atoms with E-state index in [0.717, 1.165) is 0 Å². The van der Waals surface area contributed by atoms with Gasteiger partial charge in [0.1, 0.15) is 5.82 Å². The van der Waals surface area contributed by atoms with Gasteiger partial charge in [0.05, 0.1) is 11.1 Å². The normalized spacial score (nSPS) is 11.8. The van der Waals surface area contributed by atoms with Crippen LogP contribution in [0.1, 0.15) is 18.4 Å². The van der Waals surface area contributed by atoms with Crippen LogP contribution in [0.15, 0.2) is 22.7 Å². The van der Waals surface area contributed by atoms with Crippen molar-refractivity contribution in [3.63, 3.8) is 0 Å². The fraction of sp³-hybridized carbons (Fsp3) is 0.455. The number of benzene rings is 1. The lowest BCUT2D eigenvalue weighted by atomic mass is 10.2. The monoisotopic (exact) mass is 314 g/mol. The van der Waals surface area contributed by atoms with Gasteiger partial charge in [-0.05, 0) is 34.0 Å². The molecule has 0 aliphatic rings. The van der Waals surface area contributed by atoms with Gasteiger partial charge in [0.15, 0.2) is 0 Å². The summed E-state index contributed by atoms with van der Waals surface area (Å²) in [6, 6.07) is 4.46. The van der Waals surface area contributed by atoms with Gasteiger partial charge >= 0.3 is 6.18 Å². The van der Waals surface area contributed by atoms with Gasteiger partial charge in [-0.1, -0.05) is 12.1 Å². The minimum absolute atomic E-state index is 0.00244. The van der Waals surface area contributed by atoms with Crippen LogP contribution in [0.2, 0.25) is 0 Å². The van der Waals surface area contributed by atoms with Crippen LogP contribution < -0.4 is 0 Å². The molecule has 0 heterocycles. The summed E-state index contributed by atoms with van der Waals surface area (Å²) in [5.41, 5.74) is 0.581. The van der Waals surface area contributed by atoms with Gasteiger partial charge < -0.3 is 4.74 Å². The van der Waals surface area contributed by atoms with E-state index < -0.39 is 18.4 Å². The van der Waals surface area contributed by atoms with Crippen molar-refractivity contribution in [2.75, 3.05) is 6.61 Å². The van der Waals surface area contributed by atoms with Gasteiger partial charge in [-0.2, -0.15) is 13.2 Å². The largest absolute Gasteiger partial charge is 0.389 e. The van der Waals surface area contributed by atoms with Crippen LogP contribution in [0, 0.1) is 5.82 Å². The molecule has 0 aromatic heterocycles. The number of hydrogen-bond donors (Lipinski definition) is 0. The van der Waals surface area contributed by atoms with Gasteiger partial charge in [0, 0.05) is 13.0 Å². The van der Waals surface area contributed by atoms with Crippen LogP contribution in [0.3, 0.4) is 0 Å². The molecule has 1 rings (SSSR count). The molecule has 0 atom stereocenters.